The van der Waals surface area contributed by atoms with Crippen LogP contribution in [-0.4, -0.2) is 29.2 Å². The number of aliphatic imine (C=N–C) groups is 1. The number of hydrogen-bond acceptors (Lipinski definition) is 6. The first-order valence-corrected chi connectivity index (χ1v) is 10.2. The number of halogens is 1. The molecule has 0 fully saturated rings. The number of nitrogens with one attached hydrogen (secondary N) is 1. The number of rotatable bonds is 5. The van der Waals surface area contributed by atoms with Gasteiger partial charge < -0.3 is 14.5 Å². The van der Waals surface area contributed by atoms with Crippen molar-refractivity contribution in [3.63, 3.8) is 0 Å². The van der Waals surface area contributed by atoms with Gasteiger partial charge >= 0.3 is 5.63 Å². The minimum absolute atomic E-state index is 0.0982. The molecule has 1 unspecified atom stereocenters. The van der Waals surface area contributed by atoms with Crippen LogP contribution in [0, 0.1) is 0 Å². The Hall–Kier alpha value is -3.10. The van der Waals surface area contributed by atoms with Gasteiger partial charge in [-0.1, -0.05) is 41.6 Å². The summed E-state index contributed by atoms with van der Waals surface area (Å²) in [5.41, 5.74) is 0.565. The fourth-order valence-electron chi connectivity index (χ4n) is 2.97. The molecule has 0 saturated heterocycles. The van der Waals surface area contributed by atoms with Crippen LogP contribution in [0.3, 0.4) is 0 Å². The summed E-state index contributed by atoms with van der Waals surface area (Å²) in [4.78, 5) is 41.0. The second-order valence-corrected chi connectivity index (χ2v) is 8.05. The lowest BCUT2D eigenvalue weighted by atomic mass is 10.2. The topological polar surface area (TPSA) is 98.0 Å². The Balaban J connectivity index is 1.46. The molecule has 1 N–H and O–H groups in total. The fraction of sp³-hybridized carbons (Fsp3) is 0.143. The Morgan fingerprint density at radius 1 is 1.23 bits per heavy atom. The summed E-state index contributed by atoms with van der Waals surface area (Å²) < 4.78 is 10.4. The molecule has 2 amide bonds. The zero-order valence-electron chi connectivity index (χ0n) is 15.7. The normalized spacial score (nSPS) is 15.9. The molecular formula is C21H15ClN2O5S. The van der Waals surface area contributed by atoms with Gasteiger partial charge in [0, 0.05) is 17.5 Å². The zero-order valence-corrected chi connectivity index (χ0v) is 17.3. The Morgan fingerprint density at radius 3 is 2.80 bits per heavy atom. The van der Waals surface area contributed by atoms with Crippen molar-refractivity contribution in [3.8, 4) is 5.75 Å². The number of carbonyl (C=O) groups excluding carboxylic acids is 2. The van der Waals surface area contributed by atoms with Gasteiger partial charge in [-0.3, -0.25) is 9.59 Å². The van der Waals surface area contributed by atoms with Gasteiger partial charge in [0.2, 0.25) is 5.91 Å². The molecule has 9 heteroatoms. The number of amides is 2. The van der Waals surface area contributed by atoms with Crippen molar-refractivity contribution in [2.45, 2.75) is 11.7 Å². The first-order chi connectivity index (χ1) is 14.4. The largest absolute Gasteiger partial charge is 0.495 e. The molecule has 1 aromatic heterocycles. The molecule has 3 aromatic rings. The lowest BCUT2D eigenvalue weighted by Crippen LogP contribution is -2.21. The van der Waals surface area contributed by atoms with Gasteiger partial charge in [0.05, 0.1) is 17.7 Å². The maximum Gasteiger partial charge on any atom is 0.346 e. The van der Waals surface area contributed by atoms with E-state index >= 15 is 0 Å². The number of methoxy groups -OCH3 is 1. The third-order valence-electron chi connectivity index (χ3n) is 4.42. The first kappa shape index (κ1) is 20.2. The average Bonchev–Trinajstić information content (AvgIpc) is 3.07. The zero-order chi connectivity index (χ0) is 21.3. The van der Waals surface area contributed by atoms with E-state index in [1.54, 1.807) is 42.5 Å². The molecule has 152 valence electrons. The predicted molar refractivity (Wildman–Crippen MR) is 117 cm³/mol. The summed E-state index contributed by atoms with van der Waals surface area (Å²) in [7, 11) is 1.50. The van der Waals surface area contributed by atoms with E-state index in [4.69, 9.17) is 20.8 Å². The van der Waals surface area contributed by atoms with Crippen LogP contribution in [0.5, 0.6) is 5.75 Å². The highest BCUT2D eigenvalue weighted by molar-refractivity contribution is 8.16. The highest BCUT2D eigenvalue weighted by atomic mass is 35.5. The number of thioether (sulfide) groups is 1. The third-order valence-corrected chi connectivity index (χ3v) is 5.90. The second kappa shape index (κ2) is 8.33. The van der Waals surface area contributed by atoms with Gasteiger partial charge in [-0.05, 0) is 30.3 Å². The summed E-state index contributed by atoms with van der Waals surface area (Å²) >= 11 is 7.13. The molecule has 0 aliphatic carbocycles. The van der Waals surface area contributed by atoms with Gasteiger partial charge in [-0.15, -0.1) is 0 Å². The second-order valence-electron chi connectivity index (χ2n) is 6.45. The van der Waals surface area contributed by atoms with Crippen LogP contribution in [0.15, 0.2) is 62.7 Å². The molecule has 7 nitrogen and oxygen atoms in total. The van der Waals surface area contributed by atoms with Crippen LogP contribution in [0.4, 0.5) is 5.69 Å². The Morgan fingerprint density at radius 2 is 2.03 bits per heavy atom. The summed E-state index contributed by atoms with van der Waals surface area (Å²) in [6, 6.07) is 13.6. The summed E-state index contributed by atoms with van der Waals surface area (Å²) in [6.07, 6.45) is -0.0982. The van der Waals surface area contributed by atoms with E-state index < -0.39 is 16.8 Å². The van der Waals surface area contributed by atoms with Crippen LogP contribution >= 0.6 is 23.4 Å². The van der Waals surface area contributed by atoms with E-state index in [0.717, 1.165) is 17.1 Å². The predicted octanol–water partition coefficient (Wildman–Crippen LogP) is 3.87. The van der Waals surface area contributed by atoms with Crippen LogP contribution in [-0.2, 0) is 9.59 Å². The highest BCUT2D eigenvalue weighted by Gasteiger charge is 2.32. The molecule has 2 heterocycles. The Labute approximate surface area is 180 Å². The van der Waals surface area contributed by atoms with Crippen molar-refractivity contribution >= 4 is 56.9 Å². The van der Waals surface area contributed by atoms with Crippen LogP contribution in [0.2, 0.25) is 5.02 Å². The lowest BCUT2D eigenvalue weighted by Gasteiger charge is -2.10. The number of para-hydroxylation sites is 1. The molecule has 4 rings (SSSR count). The van der Waals surface area contributed by atoms with Crippen LogP contribution in [0.25, 0.3) is 11.0 Å². The Kier molecular flexibility index (Phi) is 5.61. The fourth-order valence-corrected chi connectivity index (χ4v) is 4.30. The SMILES string of the molecule is COc1ccc(NC(=O)CC2SC(c3cc4ccccc4oc3=O)=NC2=O)cc1Cl. The van der Waals surface area contributed by atoms with Gasteiger partial charge in [0.15, 0.2) is 0 Å². The van der Waals surface area contributed by atoms with Crippen molar-refractivity contribution < 1.29 is 18.7 Å². The number of carbonyl (C=O) groups is 2. The number of anilines is 1. The van der Waals surface area contributed by atoms with E-state index in [9.17, 15) is 14.4 Å². The molecule has 0 saturated carbocycles. The van der Waals surface area contributed by atoms with Gasteiger partial charge in [-0.2, -0.15) is 0 Å². The number of nitrogens with zero attached hydrogens (tertiary/aromatic N) is 1. The van der Waals surface area contributed by atoms with Crippen LogP contribution < -0.4 is 15.7 Å². The summed E-state index contributed by atoms with van der Waals surface area (Å²) in [5, 5.41) is 3.31. The van der Waals surface area contributed by atoms with Crippen molar-refractivity contribution in [3.05, 3.63) is 69.5 Å². The summed E-state index contributed by atoms with van der Waals surface area (Å²) in [5.74, 6) is -0.349. The molecular weight excluding hydrogens is 428 g/mol. The number of fused-ring (bicyclic) bond motifs is 1. The minimum atomic E-state index is -0.723. The minimum Gasteiger partial charge on any atom is -0.495 e. The van der Waals surface area contributed by atoms with Gasteiger partial charge in [0.1, 0.15) is 21.6 Å². The van der Waals surface area contributed by atoms with Gasteiger partial charge in [0.25, 0.3) is 5.91 Å². The molecule has 30 heavy (non-hydrogen) atoms. The molecule has 2 aromatic carbocycles. The molecule has 1 aliphatic rings. The van der Waals surface area contributed by atoms with Gasteiger partial charge in [-0.25, -0.2) is 9.79 Å². The van der Waals surface area contributed by atoms with Crippen molar-refractivity contribution in [1.82, 2.24) is 0 Å². The van der Waals surface area contributed by atoms with E-state index in [1.165, 1.54) is 7.11 Å². The standard InChI is InChI=1S/C21H15ClN2O5S/c1-28-16-7-6-12(9-14(16)22)23-18(25)10-17-19(26)24-20(30-17)13-8-11-4-2-3-5-15(11)29-21(13)27/h2-9,17H,10H2,1H3,(H,23,25). The van der Waals surface area contributed by atoms with E-state index in [1.807, 2.05) is 6.07 Å². The third kappa shape index (κ3) is 4.10. The summed E-state index contributed by atoms with van der Waals surface area (Å²) in [6.45, 7) is 0. The number of hydrogen-bond donors (Lipinski definition) is 1. The highest BCUT2D eigenvalue weighted by Crippen LogP contribution is 2.30. The van der Waals surface area contributed by atoms with E-state index in [-0.39, 0.29) is 22.9 Å². The van der Waals surface area contributed by atoms with Crippen molar-refractivity contribution in [2.24, 2.45) is 4.99 Å². The molecule has 0 radical (unpaired) electrons. The number of benzene rings is 2. The Bertz CT molecular complexity index is 1250. The first-order valence-electron chi connectivity index (χ1n) is 8.90. The van der Waals surface area contributed by atoms with E-state index in [0.29, 0.717) is 22.0 Å². The van der Waals surface area contributed by atoms with Crippen LogP contribution in [0.1, 0.15) is 12.0 Å². The van der Waals surface area contributed by atoms with Crippen molar-refractivity contribution in [2.75, 3.05) is 12.4 Å². The quantitative estimate of drug-likeness (QED) is 0.602. The molecule has 1 aliphatic heterocycles. The molecule has 0 spiro atoms. The number of ether oxygens (including phenoxy) is 1. The van der Waals surface area contributed by atoms with E-state index in [2.05, 4.69) is 10.3 Å². The van der Waals surface area contributed by atoms with Crippen molar-refractivity contribution in [1.29, 1.82) is 0 Å². The average molecular weight is 443 g/mol. The maximum atomic E-state index is 12.4. The molecule has 1 atom stereocenters. The monoisotopic (exact) mass is 442 g/mol. The maximum absolute atomic E-state index is 12.4. The smallest absolute Gasteiger partial charge is 0.346 e. The molecule has 0 bridgehead atoms. The lowest BCUT2D eigenvalue weighted by molar-refractivity contribution is -0.121.